The molecule has 10 nitrogen and oxygen atoms in total. The van der Waals surface area contributed by atoms with Crippen molar-refractivity contribution in [2.45, 2.75) is 19.2 Å². The van der Waals surface area contributed by atoms with E-state index in [1.807, 2.05) is 24.1 Å². The fourth-order valence-electron chi connectivity index (χ4n) is 4.69. The van der Waals surface area contributed by atoms with Crippen molar-refractivity contribution in [2.24, 2.45) is 0 Å². The smallest absolute Gasteiger partial charge is 0.383 e. The van der Waals surface area contributed by atoms with E-state index in [0.29, 0.717) is 64.2 Å². The van der Waals surface area contributed by atoms with Crippen molar-refractivity contribution in [2.75, 3.05) is 82.5 Å². The number of pyridine rings is 1. The zero-order valence-electron chi connectivity index (χ0n) is 21.7. The summed E-state index contributed by atoms with van der Waals surface area (Å²) in [6.45, 7) is 6.33. The van der Waals surface area contributed by atoms with Gasteiger partial charge >= 0.3 is 12.2 Å². The Kier molecular flexibility index (Phi) is 8.40. The number of halogens is 3. The summed E-state index contributed by atoms with van der Waals surface area (Å²) in [5.41, 5.74) is 3.92. The molecule has 1 atom stereocenters. The second-order valence-corrected chi connectivity index (χ2v) is 9.59. The van der Waals surface area contributed by atoms with E-state index in [0.717, 1.165) is 27.3 Å². The van der Waals surface area contributed by atoms with Crippen LogP contribution in [0.2, 0.25) is 0 Å². The summed E-state index contributed by atoms with van der Waals surface area (Å²) in [6.07, 6.45) is -4.80. The van der Waals surface area contributed by atoms with Gasteiger partial charge in [-0.05, 0) is 36.2 Å². The molecule has 1 aromatic heterocycles. The number of aromatic nitrogens is 1. The van der Waals surface area contributed by atoms with E-state index in [9.17, 15) is 18.0 Å². The van der Waals surface area contributed by atoms with Crippen molar-refractivity contribution in [1.29, 1.82) is 0 Å². The van der Waals surface area contributed by atoms with Gasteiger partial charge in [0.25, 0.3) is 5.88 Å². The standard InChI is InChI=1S/C26H32F3N5O5/c1-18-2-3-20(31-25(35)33-6-13-38-23(17-33)26(27,28)29)15-21(18)19-14-22(32-4-9-36-10-5-32)24(30-16-19)39-34-7-11-37-12-8-34/h2-3,14-16,23H,4-13,17H2,1H3,(H,31,35)/t23-/m1/s1. The minimum absolute atomic E-state index is 0.0779. The van der Waals surface area contributed by atoms with E-state index >= 15 is 0 Å². The third-order valence-corrected chi connectivity index (χ3v) is 6.89. The lowest BCUT2D eigenvalue weighted by Gasteiger charge is -2.33. The number of nitrogens with one attached hydrogen (secondary N) is 1. The third kappa shape index (κ3) is 6.72. The highest BCUT2D eigenvalue weighted by molar-refractivity contribution is 5.90. The number of ether oxygens (including phenoxy) is 3. The molecule has 0 saturated carbocycles. The quantitative estimate of drug-likeness (QED) is 0.606. The molecule has 0 radical (unpaired) electrons. The van der Waals surface area contributed by atoms with Crippen molar-refractivity contribution in [3.05, 3.63) is 36.0 Å². The zero-order valence-corrected chi connectivity index (χ0v) is 21.7. The van der Waals surface area contributed by atoms with Gasteiger partial charge in [0.1, 0.15) is 5.69 Å². The molecule has 2 aromatic rings. The summed E-state index contributed by atoms with van der Waals surface area (Å²) in [5.74, 6) is 0.496. The highest BCUT2D eigenvalue weighted by Gasteiger charge is 2.44. The summed E-state index contributed by atoms with van der Waals surface area (Å²) >= 11 is 0. The summed E-state index contributed by atoms with van der Waals surface area (Å²) < 4.78 is 55.0. The molecule has 2 amide bonds. The van der Waals surface area contributed by atoms with Crippen LogP contribution in [0.4, 0.5) is 29.3 Å². The van der Waals surface area contributed by atoms with Crippen molar-refractivity contribution in [3.8, 4) is 17.0 Å². The number of carbonyl (C=O) groups excluding carboxylic acids is 1. The van der Waals surface area contributed by atoms with Crippen LogP contribution in [0.1, 0.15) is 5.56 Å². The molecule has 3 fully saturated rings. The van der Waals surface area contributed by atoms with E-state index in [-0.39, 0.29) is 13.2 Å². The number of morpholine rings is 3. The number of amides is 2. The van der Waals surface area contributed by atoms with Crippen molar-refractivity contribution >= 4 is 17.4 Å². The van der Waals surface area contributed by atoms with Gasteiger partial charge in [0, 0.05) is 37.1 Å². The van der Waals surface area contributed by atoms with E-state index in [2.05, 4.69) is 15.2 Å². The first-order chi connectivity index (χ1) is 18.8. The van der Waals surface area contributed by atoms with Gasteiger partial charge < -0.3 is 34.2 Å². The Morgan fingerprint density at radius 1 is 1.03 bits per heavy atom. The summed E-state index contributed by atoms with van der Waals surface area (Å²) in [5, 5.41) is 4.58. The number of benzene rings is 1. The molecule has 3 aliphatic heterocycles. The van der Waals surface area contributed by atoms with Gasteiger partial charge in [-0.1, -0.05) is 6.07 Å². The highest BCUT2D eigenvalue weighted by atomic mass is 19.4. The maximum Gasteiger partial charge on any atom is 0.416 e. The SMILES string of the molecule is Cc1ccc(NC(=O)N2CCO[C@@H](C(F)(F)F)C2)cc1-c1cnc(ON2CCOCC2)c(N2CCOCC2)c1. The Labute approximate surface area is 224 Å². The largest absolute Gasteiger partial charge is 0.416 e. The Bertz CT molecular complexity index is 1160. The number of urea groups is 1. The second kappa shape index (κ2) is 11.9. The van der Waals surface area contributed by atoms with E-state index in [1.54, 1.807) is 18.3 Å². The summed E-state index contributed by atoms with van der Waals surface area (Å²) in [7, 11) is 0. The molecule has 0 aliphatic carbocycles. The molecule has 0 unspecified atom stereocenters. The van der Waals surface area contributed by atoms with Crippen LogP contribution in [0.5, 0.6) is 5.88 Å². The molecule has 212 valence electrons. The van der Waals surface area contributed by atoms with Gasteiger partial charge in [-0.3, -0.25) is 0 Å². The average Bonchev–Trinajstić information content (AvgIpc) is 2.95. The molecule has 3 aliphatic rings. The third-order valence-electron chi connectivity index (χ3n) is 6.89. The number of hydrogen-bond acceptors (Lipinski definition) is 8. The monoisotopic (exact) mass is 551 g/mol. The van der Waals surface area contributed by atoms with Crippen LogP contribution in [0, 0.1) is 6.92 Å². The Balaban J connectivity index is 1.37. The second-order valence-electron chi connectivity index (χ2n) is 9.59. The number of nitrogens with zero attached hydrogens (tertiary/aromatic N) is 4. The van der Waals surface area contributed by atoms with Crippen molar-refractivity contribution < 1.29 is 37.0 Å². The van der Waals surface area contributed by atoms with Crippen LogP contribution in [0.3, 0.4) is 0 Å². The molecule has 3 saturated heterocycles. The lowest BCUT2D eigenvalue weighted by molar-refractivity contribution is -0.233. The molecule has 0 spiro atoms. The first kappa shape index (κ1) is 27.4. The summed E-state index contributed by atoms with van der Waals surface area (Å²) in [6, 6.07) is 6.79. The lowest BCUT2D eigenvalue weighted by Crippen LogP contribution is -2.52. The zero-order chi connectivity index (χ0) is 27.4. The van der Waals surface area contributed by atoms with Gasteiger partial charge in [0.05, 0.1) is 52.7 Å². The molecule has 1 N–H and O–H groups in total. The highest BCUT2D eigenvalue weighted by Crippen LogP contribution is 2.35. The lowest BCUT2D eigenvalue weighted by atomic mass is 10.0. The van der Waals surface area contributed by atoms with Crippen LogP contribution >= 0.6 is 0 Å². The Morgan fingerprint density at radius 2 is 1.74 bits per heavy atom. The molecular weight excluding hydrogens is 519 g/mol. The Morgan fingerprint density at radius 3 is 2.46 bits per heavy atom. The van der Waals surface area contributed by atoms with Crippen molar-refractivity contribution in [1.82, 2.24) is 14.9 Å². The van der Waals surface area contributed by atoms with Crippen molar-refractivity contribution in [3.63, 3.8) is 0 Å². The molecule has 5 rings (SSSR count). The fourth-order valence-corrected chi connectivity index (χ4v) is 4.69. The molecule has 4 heterocycles. The minimum atomic E-state index is -4.53. The number of anilines is 2. The molecule has 39 heavy (non-hydrogen) atoms. The molecule has 1 aromatic carbocycles. The molecular formula is C26H32F3N5O5. The predicted molar refractivity (Wildman–Crippen MR) is 137 cm³/mol. The number of carbonyl (C=O) groups is 1. The average molecular weight is 552 g/mol. The number of aryl methyl sites for hydroxylation is 1. The van der Waals surface area contributed by atoms with Crippen LogP contribution in [0.15, 0.2) is 30.5 Å². The van der Waals surface area contributed by atoms with E-state index in [1.165, 1.54) is 0 Å². The van der Waals surface area contributed by atoms with Gasteiger partial charge in [0.2, 0.25) is 0 Å². The number of rotatable bonds is 5. The van der Waals surface area contributed by atoms with Gasteiger partial charge in [-0.2, -0.15) is 13.2 Å². The van der Waals surface area contributed by atoms with Gasteiger partial charge in [-0.25, -0.2) is 9.78 Å². The first-order valence-electron chi connectivity index (χ1n) is 13.0. The predicted octanol–water partition coefficient (Wildman–Crippen LogP) is 3.31. The number of hydroxylamine groups is 2. The van der Waals surface area contributed by atoms with Crippen LogP contribution in [0.25, 0.3) is 11.1 Å². The van der Waals surface area contributed by atoms with Crippen LogP contribution in [-0.4, -0.2) is 106 Å². The molecule has 13 heteroatoms. The maximum atomic E-state index is 13.1. The maximum absolute atomic E-state index is 13.1. The minimum Gasteiger partial charge on any atom is -0.383 e. The Hall–Kier alpha value is -3.13. The van der Waals surface area contributed by atoms with Gasteiger partial charge in [-0.15, -0.1) is 5.06 Å². The summed E-state index contributed by atoms with van der Waals surface area (Å²) in [4.78, 5) is 26.9. The number of hydrogen-bond donors (Lipinski definition) is 1. The normalized spacial score (nSPS) is 21.1. The first-order valence-corrected chi connectivity index (χ1v) is 13.0. The van der Waals surface area contributed by atoms with Crippen LogP contribution < -0.4 is 15.1 Å². The number of alkyl halides is 3. The van der Waals surface area contributed by atoms with E-state index in [4.69, 9.17) is 19.0 Å². The fraction of sp³-hybridized carbons (Fsp3) is 0.538. The topological polar surface area (TPSA) is 88.6 Å². The van der Waals surface area contributed by atoms with Crippen LogP contribution in [-0.2, 0) is 14.2 Å². The van der Waals surface area contributed by atoms with E-state index < -0.39 is 24.9 Å². The molecule has 0 bridgehead atoms. The van der Waals surface area contributed by atoms with Gasteiger partial charge in [0.15, 0.2) is 6.10 Å².